The number of hydrogen-bond donors (Lipinski definition) is 1. The maximum absolute atomic E-state index is 12.0. The molecule has 1 aliphatic rings. The Morgan fingerprint density at radius 2 is 2.59 bits per heavy atom. The number of aromatic nitrogens is 1. The van der Waals surface area contributed by atoms with Gasteiger partial charge in [-0.1, -0.05) is 0 Å². The molecule has 0 spiro atoms. The van der Waals surface area contributed by atoms with Gasteiger partial charge in [0.15, 0.2) is 0 Å². The van der Waals surface area contributed by atoms with Crippen molar-refractivity contribution >= 4 is 17.2 Å². The van der Waals surface area contributed by atoms with Crippen LogP contribution in [0.15, 0.2) is 11.6 Å². The van der Waals surface area contributed by atoms with Gasteiger partial charge in [-0.25, -0.2) is 4.98 Å². The van der Waals surface area contributed by atoms with Gasteiger partial charge in [-0.05, 0) is 19.8 Å². The number of piperidine rings is 1. The van der Waals surface area contributed by atoms with Gasteiger partial charge in [0, 0.05) is 43.0 Å². The highest BCUT2D eigenvalue weighted by atomic mass is 32.1. The van der Waals surface area contributed by atoms with E-state index in [1.165, 1.54) is 0 Å². The smallest absolute Gasteiger partial charge is 0.224 e. The topological polar surface area (TPSA) is 59.2 Å². The lowest BCUT2D eigenvalue weighted by molar-refractivity contribution is -0.132. The molecule has 1 fully saturated rings. The van der Waals surface area contributed by atoms with Crippen LogP contribution in [-0.4, -0.2) is 34.9 Å². The fraction of sp³-hybridized carbons (Fsp3) is 0.667. The van der Waals surface area contributed by atoms with Gasteiger partial charge in [0.05, 0.1) is 5.01 Å². The molecule has 1 amide bonds. The lowest BCUT2D eigenvalue weighted by atomic mass is 9.98. The largest absolute Gasteiger partial charge is 0.342 e. The molecular formula is C12H19N3OS. The standard InChI is InChI=1S/C12H19N3OS/c1-9(13)7-11(16)15-5-2-3-10(8-15)12-14-4-6-17-12/h4,6,9-10H,2-3,5,7-8,13H2,1H3. The van der Waals surface area contributed by atoms with Gasteiger partial charge in [0.25, 0.3) is 0 Å². The number of nitrogens with zero attached hydrogens (tertiary/aromatic N) is 2. The lowest BCUT2D eigenvalue weighted by Gasteiger charge is -2.32. The second-order valence-electron chi connectivity index (χ2n) is 4.73. The molecular weight excluding hydrogens is 234 g/mol. The second-order valence-corrected chi connectivity index (χ2v) is 5.66. The molecule has 17 heavy (non-hydrogen) atoms. The number of amides is 1. The van der Waals surface area contributed by atoms with E-state index in [1.54, 1.807) is 11.3 Å². The number of carbonyl (C=O) groups excluding carboxylic acids is 1. The molecule has 2 N–H and O–H groups in total. The number of nitrogens with two attached hydrogens (primary N) is 1. The summed E-state index contributed by atoms with van der Waals surface area (Å²) in [5, 5.41) is 3.15. The van der Waals surface area contributed by atoms with E-state index >= 15 is 0 Å². The predicted molar refractivity (Wildman–Crippen MR) is 68.9 cm³/mol. The molecule has 1 aromatic heterocycles. The summed E-state index contributed by atoms with van der Waals surface area (Å²) in [6.45, 7) is 3.55. The highest BCUT2D eigenvalue weighted by molar-refractivity contribution is 7.09. The van der Waals surface area contributed by atoms with Gasteiger partial charge < -0.3 is 10.6 Å². The van der Waals surface area contributed by atoms with Crippen molar-refractivity contribution < 1.29 is 4.79 Å². The Hall–Kier alpha value is -0.940. The van der Waals surface area contributed by atoms with Crippen LogP contribution in [0.1, 0.15) is 37.1 Å². The van der Waals surface area contributed by atoms with Gasteiger partial charge in [-0.2, -0.15) is 0 Å². The van der Waals surface area contributed by atoms with Crippen molar-refractivity contribution in [3.63, 3.8) is 0 Å². The molecule has 1 aromatic rings. The first-order chi connectivity index (χ1) is 8.16. The monoisotopic (exact) mass is 253 g/mol. The molecule has 5 heteroatoms. The predicted octanol–water partition coefficient (Wildman–Crippen LogP) is 1.59. The first-order valence-corrected chi connectivity index (χ1v) is 6.97. The molecule has 1 aliphatic heterocycles. The fourth-order valence-electron chi connectivity index (χ4n) is 2.25. The molecule has 1 saturated heterocycles. The summed E-state index contributed by atoms with van der Waals surface area (Å²) in [5.74, 6) is 0.599. The molecule has 0 saturated carbocycles. The third-order valence-corrected chi connectivity index (χ3v) is 4.01. The van der Waals surface area contributed by atoms with Gasteiger partial charge >= 0.3 is 0 Å². The number of thiazole rings is 1. The summed E-state index contributed by atoms with van der Waals surface area (Å²) >= 11 is 1.68. The lowest BCUT2D eigenvalue weighted by Crippen LogP contribution is -2.41. The molecule has 4 nitrogen and oxygen atoms in total. The minimum atomic E-state index is -0.0530. The molecule has 0 radical (unpaired) electrons. The minimum Gasteiger partial charge on any atom is -0.342 e. The SMILES string of the molecule is CC(N)CC(=O)N1CCCC(c2nccs2)C1. The van der Waals surface area contributed by atoms with Gasteiger partial charge in [0.1, 0.15) is 0 Å². The summed E-state index contributed by atoms with van der Waals surface area (Å²) in [4.78, 5) is 18.2. The van der Waals surface area contributed by atoms with Crippen LogP contribution >= 0.6 is 11.3 Å². The van der Waals surface area contributed by atoms with Crippen molar-refractivity contribution in [2.75, 3.05) is 13.1 Å². The molecule has 0 bridgehead atoms. The van der Waals surface area contributed by atoms with E-state index in [4.69, 9.17) is 5.73 Å². The molecule has 2 heterocycles. The molecule has 94 valence electrons. The maximum atomic E-state index is 12.0. The van der Waals surface area contributed by atoms with E-state index in [0.717, 1.165) is 30.9 Å². The number of likely N-dealkylation sites (tertiary alicyclic amines) is 1. The Labute approximate surface area is 106 Å². The van der Waals surface area contributed by atoms with Crippen LogP contribution in [0.5, 0.6) is 0 Å². The average Bonchev–Trinajstić information content (AvgIpc) is 2.82. The average molecular weight is 253 g/mol. The van der Waals surface area contributed by atoms with Crippen molar-refractivity contribution in [1.29, 1.82) is 0 Å². The highest BCUT2D eigenvalue weighted by Crippen LogP contribution is 2.28. The first kappa shape index (κ1) is 12.5. The van der Waals surface area contributed by atoms with E-state index in [9.17, 15) is 4.79 Å². The van der Waals surface area contributed by atoms with Crippen molar-refractivity contribution in [2.45, 2.75) is 38.1 Å². The number of rotatable bonds is 3. The second kappa shape index (κ2) is 5.60. The fourth-order valence-corrected chi connectivity index (χ4v) is 3.01. The first-order valence-electron chi connectivity index (χ1n) is 6.09. The third kappa shape index (κ3) is 3.26. The number of carbonyl (C=O) groups is 1. The van der Waals surface area contributed by atoms with E-state index in [2.05, 4.69) is 4.98 Å². The van der Waals surface area contributed by atoms with Crippen molar-refractivity contribution in [3.05, 3.63) is 16.6 Å². The summed E-state index contributed by atoms with van der Waals surface area (Å²) in [6, 6.07) is -0.0530. The highest BCUT2D eigenvalue weighted by Gasteiger charge is 2.26. The zero-order chi connectivity index (χ0) is 12.3. The molecule has 2 unspecified atom stereocenters. The van der Waals surface area contributed by atoms with E-state index in [-0.39, 0.29) is 11.9 Å². The number of hydrogen-bond acceptors (Lipinski definition) is 4. The molecule has 0 aliphatic carbocycles. The van der Waals surface area contributed by atoms with E-state index < -0.39 is 0 Å². The van der Waals surface area contributed by atoms with Crippen molar-refractivity contribution in [3.8, 4) is 0 Å². The van der Waals surface area contributed by atoms with Crippen molar-refractivity contribution in [2.24, 2.45) is 5.73 Å². The van der Waals surface area contributed by atoms with Crippen LogP contribution in [0, 0.1) is 0 Å². The van der Waals surface area contributed by atoms with Gasteiger partial charge in [-0.15, -0.1) is 11.3 Å². The summed E-state index contributed by atoms with van der Waals surface area (Å²) in [6.07, 6.45) is 4.48. The zero-order valence-electron chi connectivity index (χ0n) is 10.1. The Balaban J connectivity index is 1.95. The third-order valence-electron chi connectivity index (χ3n) is 3.07. The molecule has 2 atom stereocenters. The van der Waals surface area contributed by atoms with Crippen LogP contribution < -0.4 is 5.73 Å². The van der Waals surface area contributed by atoms with Crippen LogP contribution in [0.4, 0.5) is 0 Å². The summed E-state index contributed by atoms with van der Waals surface area (Å²) in [7, 11) is 0. The van der Waals surface area contributed by atoms with Crippen LogP contribution in [0.3, 0.4) is 0 Å². The van der Waals surface area contributed by atoms with Gasteiger partial charge in [-0.3, -0.25) is 4.79 Å². The quantitative estimate of drug-likeness (QED) is 0.890. The van der Waals surface area contributed by atoms with Crippen LogP contribution in [-0.2, 0) is 4.79 Å². The van der Waals surface area contributed by atoms with Crippen LogP contribution in [0.2, 0.25) is 0 Å². The zero-order valence-corrected chi connectivity index (χ0v) is 10.9. The maximum Gasteiger partial charge on any atom is 0.224 e. The molecule has 0 aromatic carbocycles. The summed E-state index contributed by atoms with van der Waals surface area (Å²) in [5.41, 5.74) is 5.67. The normalized spacial score (nSPS) is 22.5. The Morgan fingerprint density at radius 3 is 3.24 bits per heavy atom. The Bertz CT molecular complexity index is 364. The summed E-state index contributed by atoms with van der Waals surface area (Å²) < 4.78 is 0. The van der Waals surface area contributed by atoms with E-state index in [0.29, 0.717) is 12.3 Å². The van der Waals surface area contributed by atoms with Crippen LogP contribution in [0.25, 0.3) is 0 Å². The molecule has 2 rings (SSSR count). The van der Waals surface area contributed by atoms with E-state index in [1.807, 2.05) is 23.4 Å². The van der Waals surface area contributed by atoms with Crippen molar-refractivity contribution in [1.82, 2.24) is 9.88 Å². The van der Waals surface area contributed by atoms with Gasteiger partial charge in [0.2, 0.25) is 5.91 Å². The Kier molecular flexibility index (Phi) is 4.12. The minimum absolute atomic E-state index is 0.0530. The Morgan fingerprint density at radius 1 is 1.76 bits per heavy atom.